The van der Waals surface area contributed by atoms with Crippen molar-refractivity contribution in [2.24, 2.45) is 5.10 Å². The van der Waals surface area contributed by atoms with Gasteiger partial charge in [0.25, 0.3) is 5.91 Å². The van der Waals surface area contributed by atoms with Crippen LogP contribution >= 0.6 is 0 Å². The fourth-order valence-electron chi connectivity index (χ4n) is 3.18. The van der Waals surface area contributed by atoms with Gasteiger partial charge in [0.05, 0.1) is 33.2 Å². The SMILES string of the molecule is CCN(CC)Cc1c(C(=O)NN=Cc2cc(OC)c(OC)c(OC)c2)nnn1-c1nonc1N. The Hall–Kier alpha value is -4.20. The third-order valence-corrected chi connectivity index (χ3v) is 5.01. The van der Waals surface area contributed by atoms with E-state index in [4.69, 9.17) is 19.9 Å². The summed E-state index contributed by atoms with van der Waals surface area (Å²) in [6.07, 6.45) is 1.44. The lowest BCUT2D eigenvalue weighted by atomic mass is 10.2. The third-order valence-electron chi connectivity index (χ3n) is 5.01. The first-order valence-corrected chi connectivity index (χ1v) is 10.4. The van der Waals surface area contributed by atoms with E-state index >= 15 is 0 Å². The van der Waals surface area contributed by atoms with Gasteiger partial charge in [-0.3, -0.25) is 9.69 Å². The Morgan fingerprint density at radius 2 is 1.85 bits per heavy atom. The van der Waals surface area contributed by atoms with Gasteiger partial charge in [-0.05, 0) is 35.5 Å². The van der Waals surface area contributed by atoms with Crippen LogP contribution in [0.2, 0.25) is 0 Å². The lowest BCUT2D eigenvalue weighted by Gasteiger charge is -2.18. The third kappa shape index (κ3) is 5.06. The Morgan fingerprint density at radius 3 is 2.38 bits per heavy atom. The van der Waals surface area contributed by atoms with Crippen molar-refractivity contribution < 1.29 is 23.6 Å². The van der Waals surface area contributed by atoms with E-state index in [2.05, 4.69) is 40.7 Å². The Labute approximate surface area is 195 Å². The number of benzene rings is 1. The van der Waals surface area contributed by atoms with Gasteiger partial charge >= 0.3 is 0 Å². The number of nitrogens with one attached hydrogen (secondary N) is 1. The number of rotatable bonds is 11. The monoisotopic (exact) mass is 473 g/mol. The molecule has 3 aromatic rings. The number of hydrogen-bond donors (Lipinski definition) is 2. The van der Waals surface area contributed by atoms with Crippen LogP contribution in [-0.2, 0) is 6.54 Å². The normalized spacial score (nSPS) is 11.2. The van der Waals surface area contributed by atoms with Crippen LogP contribution in [0.1, 0.15) is 35.6 Å². The molecule has 2 heterocycles. The molecule has 0 radical (unpaired) electrons. The highest BCUT2D eigenvalue weighted by Gasteiger charge is 2.25. The molecule has 0 aliphatic rings. The molecule has 0 aliphatic carbocycles. The number of anilines is 1. The molecule has 1 amide bonds. The van der Waals surface area contributed by atoms with Crippen molar-refractivity contribution in [3.05, 3.63) is 29.1 Å². The molecular weight excluding hydrogens is 446 g/mol. The van der Waals surface area contributed by atoms with Crippen LogP contribution in [0.5, 0.6) is 17.2 Å². The highest BCUT2D eigenvalue weighted by molar-refractivity contribution is 5.94. The van der Waals surface area contributed by atoms with Crippen molar-refractivity contribution in [2.45, 2.75) is 20.4 Å². The van der Waals surface area contributed by atoms with Crippen LogP contribution in [-0.4, -0.2) is 76.7 Å². The predicted molar refractivity (Wildman–Crippen MR) is 121 cm³/mol. The molecule has 2 aromatic heterocycles. The number of methoxy groups -OCH3 is 3. The van der Waals surface area contributed by atoms with E-state index in [-0.39, 0.29) is 17.3 Å². The summed E-state index contributed by atoms with van der Waals surface area (Å²) in [6.45, 7) is 5.87. The standard InChI is InChI=1S/C20H27N9O5/c1-6-28(7-2)11-13-16(23-27-29(13)19-18(21)25-34-26-19)20(30)24-22-10-12-8-14(31-3)17(33-5)15(9-12)32-4/h8-10H,6-7,11H2,1-5H3,(H2,21,25)(H,24,30). The van der Waals surface area contributed by atoms with Crippen molar-refractivity contribution in [1.29, 1.82) is 0 Å². The van der Waals surface area contributed by atoms with E-state index in [1.165, 1.54) is 32.2 Å². The lowest BCUT2D eigenvalue weighted by molar-refractivity contribution is 0.0948. The number of nitrogen functional groups attached to an aromatic ring is 1. The Kier molecular flexibility index (Phi) is 7.97. The number of aromatic nitrogens is 5. The molecular formula is C20H27N9O5. The minimum absolute atomic E-state index is 0.0260. The van der Waals surface area contributed by atoms with Crippen LogP contribution < -0.4 is 25.4 Å². The molecule has 3 N–H and O–H groups in total. The second-order valence-corrected chi connectivity index (χ2v) is 6.89. The number of carbonyl (C=O) groups is 1. The zero-order valence-corrected chi connectivity index (χ0v) is 19.6. The number of nitrogens with two attached hydrogens (primary N) is 1. The van der Waals surface area contributed by atoms with Crippen LogP contribution in [0.25, 0.3) is 5.82 Å². The van der Waals surface area contributed by atoms with E-state index < -0.39 is 5.91 Å². The average molecular weight is 473 g/mol. The van der Waals surface area contributed by atoms with Crippen LogP contribution in [0, 0.1) is 0 Å². The van der Waals surface area contributed by atoms with Gasteiger partial charge in [-0.15, -0.1) is 5.10 Å². The Bertz CT molecular complexity index is 1130. The van der Waals surface area contributed by atoms with E-state index in [9.17, 15) is 4.79 Å². The zero-order valence-electron chi connectivity index (χ0n) is 19.6. The second kappa shape index (κ2) is 11.1. The van der Waals surface area contributed by atoms with Crippen molar-refractivity contribution >= 4 is 17.9 Å². The van der Waals surface area contributed by atoms with Gasteiger partial charge in [-0.2, -0.15) is 9.78 Å². The van der Waals surface area contributed by atoms with Crippen molar-refractivity contribution in [3.63, 3.8) is 0 Å². The maximum atomic E-state index is 12.9. The van der Waals surface area contributed by atoms with Gasteiger partial charge < -0.3 is 19.9 Å². The maximum Gasteiger partial charge on any atom is 0.293 e. The van der Waals surface area contributed by atoms with Gasteiger partial charge in [-0.1, -0.05) is 19.1 Å². The van der Waals surface area contributed by atoms with Crippen LogP contribution in [0.15, 0.2) is 21.9 Å². The van der Waals surface area contributed by atoms with E-state index in [0.717, 1.165) is 13.1 Å². The molecule has 0 saturated heterocycles. The number of amides is 1. The summed E-state index contributed by atoms with van der Waals surface area (Å²) in [6, 6.07) is 3.39. The number of hydrogen-bond acceptors (Lipinski definition) is 12. The summed E-state index contributed by atoms with van der Waals surface area (Å²) in [4.78, 5) is 15.0. The molecule has 34 heavy (non-hydrogen) atoms. The number of carbonyl (C=O) groups excluding carboxylic acids is 1. The molecule has 0 aliphatic heterocycles. The fourth-order valence-corrected chi connectivity index (χ4v) is 3.18. The van der Waals surface area contributed by atoms with Gasteiger partial charge in [0, 0.05) is 12.1 Å². The van der Waals surface area contributed by atoms with E-state index in [1.807, 2.05) is 13.8 Å². The molecule has 14 heteroatoms. The first-order valence-electron chi connectivity index (χ1n) is 10.4. The average Bonchev–Trinajstić information content (AvgIpc) is 3.46. The number of ether oxygens (including phenoxy) is 3. The minimum atomic E-state index is -0.563. The highest BCUT2D eigenvalue weighted by atomic mass is 16.6. The van der Waals surface area contributed by atoms with Gasteiger partial charge in [0.15, 0.2) is 17.2 Å². The van der Waals surface area contributed by atoms with Crippen LogP contribution in [0.4, 0.5) is 5.82 Å². The second-order valence-electron chi connectivity index (χ2n) is 6.89. The summed E-state index contributed by atoms with van der Waals surface area (Å²) in [5, 5.41) is 19.4. The van der Waals surface area contributed by atoms with Crippen molar-refractivity contribution in [2.75, 3.05) is 40.2 Å². The molecule has 0 fully saturated rings. The molecule has 1 aromatic carbocycles. The first kappa shape index (κ1) is 24.4. The molecule has 182 valence electrons. The summed E-state index contributed by atoms with van der Waals surface area (Å²) >= 11 is 0. The smallest absolute Gasteiger partial charge is 0.293 e. The number of nitrogens with zero attached hydrogens (tertiary/aromatic N) is 7. The summed E-state index contributed by atoms with van der Waals surface area (Å²) < 4.78 is 22.0. The minimum Gasteiger partial charge on any atom is -0.493 e. The topological polar surface area (TPSA) is 168 Å². The fraction of sp³-hybridized carbons (Fsp3) is 0.400. The molecule has 0 atom stereocenters. The van der Waals surface area contributed by atoms with Gasteiger partial charge in [0.2, 0.25) is 17.4 Å². The first-order chi connectivity index (χ1) is 16.5. The Balaban J connectivity index is 1.87. The molecule has 0 unspecified atom stereocenters. The molecule has 14 nitrogen and oxygen atoms in total. The van der Waals surface area contributed by atoms with Crippen molar-refractivity contribution in [1.82, 2.24) is 35.6 Å². The molecule has 0 spiro atoms. The molecule has 0 saturated carbocycles. The maximum absolute atomic E-state index is 12.9. The lowest BCUT2D eigenvalue weighted by Crippen LogP contribution is -2.27. The summed E-state index contributed by atoms with van der Waals surface area (Å²) in [5.41, 5.74) is 9.42. The molecule has 0 bridgehead atoms. The zero-order chi connectivity index (χ0) is 24.7. The van der Waals surface area contributed by atoms with E-state index in [1.54, 1.807) is 12.1 Å². The molecule has 3 rings (SSSR count). The summed E-state index contributed by atoms with van der Waals surface area (Å²) in [5.74, 6) is 0.973. The Morgan fingerprint density at radius 1 is 1.18 bits per heavy atom. The van der Waals surface area contributed by atoms with Crippen LogP contribution in [0.3, 0.4) is 0 Å². The largest absolute Gasteiger partial charge is 0.493 e. The van der Waals surface area contributed by atoms with Crippen molar-refractivity contribution in [3.8, 4) is 23.1 Å². The number of hydrazone groups is 1. The summed E-state index contributed by atoms with van der Waals surface area (Å²) in [7, 11) is 4.54. The highest BCUT2D eigenvalue weighted by Crippen LogP contribution is 2.37. The van der Waals surface area contributed by atoms with Gasteiger partial charge in [-0.25, -0.2) is 10.1 Å². The quantitative estimate of drug-likeness (QED) is 0.299. The van der Waals surface area contributed by atoms with E-state index in [0.29, 0.717) is 35.1 Å². The predicted octanol–water partition coefficient (Wildman–Crippen LogP) is 0.864. The van der Waals surface area contributed by atoms with Gasteiger partial charge in [0.1, 0.15) is 0 Å².